The summed E-state index contributed by atoms with van der Waals surface area (Å²) in [4.78, 5) is 23.5. The first-order valence-corrected chi connectivity index (χ1v) is 11.8. The van der Waals surface area contributed by atoms with E-state index < -0.39 is 11.9 Å². The Hall–Kier alpha value is -1.84. The van der Waals surface area contributed by atoms with Crippen LogP contribution in [0.25, 0.3) is 0 Å². The molecule has 0 radical (unpaired) electrons. The molecule has 0 atom stereocenters. The first-order valence-electron chi connectivity index (χ1n) is 11.8. The van der Waals surface area contributed by atoms with Gasteiger partial charge in [-0.15, -0.1) is 0 Å². The molecule has 0 aliphatic carbocycles. The molecule has 0 fully saturated rings. The fourth-order valence-corrected chi connectivity index (χ4v) is 3.99. The van der Waals surface area contributed by atoms with E-state index in [1.807, 2.05) is 6.07 Å². The Kier molecular flexibility index (Phi) is 12.4. The molecule has 0 aromatic heterocycles. The molecule has 0 saturated carbocycles. The lowest BCUT2D eigenvalue weighted by atomic mass is 9.91. The van der Waals surface area contributed by atoms with Crippen LogP contribution in [0.1, 0.15) is 124 Å². The molecule has 0 aliphatic rings. The number of unbranched alkanes of at least 4 members (excludes halogenated alkanes) is 6. The van der Waals surface area contributed by atoms with E-state index in [1.165, 1.54) is 32.1 Å². The van der Waals surface area contributed by atoms with Crippen LogP contribution in [-0.4, -0.2) is 22.2 Å². The van der Waals surface area contributed by atoms with Gasteiger partial charge in [0.05, 0.1) is 11.1 Å². The Morgan fingerprint density at radius 3 is 1.67 bits per heavy atom. The van der Waals surface area contributed by atoms with Crippen molar-refractivity contribution >= 4 is 11.9 Å². The lowest BCUT2D eigenvalue weighted by Gasteiger charge is -2.13. The smallest absolute Gasteiger partial charge is 0.336 e. The highest BCUT2D eigenvalue weighted by atomic mass is 16.4. The van der Waals surface area contributed by atoms with Crippen molar-refractivity contribution in [3.05, 3.63) is 34.4 Å². The molecule has 1 aromatic rings. The minimum atomic E-state index is -1.15. The van der Waals surface area contributed by atoms with Crippen LogP contribution in [0, 0.1) is 11.8 Å². The molecular weight excluding hydrogens is 376 g/mol. The van der Waals surface area contributed by atoms with Gasteiger partial charge in [-0.2, -0.15) is 0 Å². The van der Waals surface area contributed by atoms with Gasteiger partial charge in [0.2, 0.25) is 0 Å². The first-order chi connectivity index (χ1) is 14.2. The summed E-state index contributed by atoms with van der Waals surface area (Å²) in [5, 5.41) is 19.2. The molecule has 4 heteroatoms. The molecule has 2 N–H and O–H groups in total. The Morgan fingerprint density at radius 2 is 1.20 bits per heavy atom. The summed E-state index contributed by atoms with van der Waals surface area (Å²) in [6, 6.07) is 3.52. The number of hydrogen-bond acceptors (Lipinski definition) is 2. The summed E-state index contributed by atoms with van der Waals surface area (Å²) in [6.45, 7) is 8.93. The standard InChI is InChI=1S/C26H42O4/c1-19(2)13-9-5-7-11-15-21-17-22(16-12-8-6-10-14-20(3)4)24(26(29)30)23(18-21)25(27)28/h17-20H,5-16H2,1-4H3,(H,27,28)(H,29,30). The van der Waals surface area contributed by atoms with Gasteiger partial charge in [-0.25, -0.2) is 9.59 Å². The van der Waals surface area contributed by atoms with Gasteiger partial charge in [0.1, 0.15) is 0 Å². The maximum Gasteiger partial charge on any atom is 0.336 e. The van der Waals surface area contributed by atoms with E-state index in [4.69, 9.17) is 0 Å². The van der Waals surface area contributed by atoms with E-state index in [-0.39, 0.29) is 11.1 Å². The van der Waals surface area contributed by atoms with Crippen LogP contribution >= 0.6 is 0 Å². The van der Waals surface area contributed by atoms with E-state index in [1.54, 1.807) is 6.07 Å². The van der Waals surface area contributed by atoms with E-state index in [0.717, 1.165) is 50.0 Å². The molecule has 0 unspecified atom stereocenters. The van der Waals surface area contributed by atoms with Crippen molar-refractivity contribution in [1.82, 2.24) is 0 Å². The summed E-state index contributed by atoms with van der Waals surface area (Å²) in [6.07, 6.45) is 12.8. The lowest BCUT2D eigenvalue weighted by molar-refractivity contribution is 0.0650. The number of carboxylic acid groups (broad SMARTS) is 2. The predicted molar refractivity (Wildman–Crippen MR) is 124 cm³/mol. The maximum atomic E-state index is 11.8. The molecule has 1 aromatic carbocycles. The number of aryl methyl sites for hydroxylation is 2. The highest BCUT2D eigenvalue weighted by Crippen LogP contribution is 2.23. The zero-order chi connectivity index (χ0) is 22.5. The molecule has 0 amide bonds. The van der Waals surface area contributed by atoms with Crippen LogP contribution in [0.5, 0.6) is 0 Å². The Labute approximate surface area is 183 Å². The molecule has 4 nitrogen and oxygen atoms in total. The van der Waals surface area contributed by atoms with Crippen LogP contribution < -0.4 is 0 Å². The minimum absolute atomic E-state index is 0.0228. The number of hydrogen-bond donors (Lipinski definition) is 2. The average molecular weight is 419 g/mol. The number of aromatic carboxylic acids is 2. The summed E-state index contributed by atoms with van der Waals surface area (Å²) in [5.74, 6) is -0.838. The summed E-state index contributed by atoms with van der Waals surface area (Å²) in [5.41, 5.74) is 1.55. The number of benzene rings is 1. The van der Waals surface area contributed by atoms with Crippen LogP contribution in [-0.2, 0) is 12.8 Å². The van der Waals surface area contributed by atoms with Gasteiger partial charge >= 0.3 is 11.9 Å². The number of carboxylic acids is 2. The highest BCUT2D eigenvalue weighted by molar-refractivity contribution is 6.03. The average Bonchev–Trinajstić information content (AvgIpc) is 2.66. The van der Waals surface area contributed by atoms with Gasteiger partial charge in [-0.05, 0) is 54.7 Å². The zero-order valence-corrected chi connectivity index (χ0v) is 19.5. The molecule has 0 saturated heterocycles. The van der Waals surface area contributed by atoms with Gasteiger partial charge < -0.3 is 10.2 Å². The molecular formula is C26H42O4. The SMILES string of the molecule is CC(C)CCCCCCc1cc(CCCCCCC(C)C)c(C(=O)O)c(C(=O)O)c1. The number of carbonyl (C=O) groups is 2. The van der Waals surface area contributed by atoms with E-state index >= 15 is 0 Å². The van der Waals surface area contributed by atoms with E-state index in [9.17, 15) is 19.8 Å². The van der Waals surface area contributed by atoms with Gasteiger partial charge in [-0.1, -0.05) is 85.1 Å². The second kappa shape index (κ2) is 14.2. The molecule has 0 heterocycles. The van der Waals surface area contributed by atoms with Gasteiger partial charge in [0.15, 0.2) is 0 Å². The van der Waals surface area contributed by atoms with Crippen LogP contribution in [0.15, 0.2) is 12.1 Å². The summed E-state index contributed by atoms with van der Waals surface area (Å²) < 4.78 is 0. The predicted octanol–water partition coefficient (Wildman–Crippen LogP) is 7.38. The van der Waals surface area contributed by atoms with Crippen LogP contribution in [0.4, 0.5) is 0 Å². The van der Waals surface area contributed by atoms with Crippen LogP contribution in [0.2, 0.25) is 0 Å². The van der Waals surface area contributed by atoms with E-state index in [2.05, 4.69) is 27.7 Å². The topological polar surface area (TPSA) is 74.6 Å². The lowest BCUT2D eigenvalue weighted by Crippen LogP contribution is -2.13. The third-order valence-corrected chi connectivity index (χ3v) is 5.70. The third-order valence-electron chi connectivity index (χ3n) is 5.70. The largest absolute Gasteiger partial charge is 0.478 e. The van der Waals surface area contributed by atoms with Gasteiger partial charge in [-0.3, -0.25) is 0 Å². The van der Waals surface area contributed by atoms with Crippen molar-refractivity contribution in [3.63, 3.8) is 0 Å². The highest BCUT2D eigenvalue weighted by Gasteiger charge is 2.21. The summed E-state index contributed by atoms with van der Waals surface area (Å²) in [7, 11) is 0. The molecule has 0 aliphatic heterocycles. The second-order valence-corrected chi connectivity index (χ2v) is 9.48. The monoisotopic (exact) mass is 418 g/mol. The van der Waals surface area contributed by atoms with Gasteiger partial charge in [0, 0.05) is 0 Å². The third kappa shape index (κ3) is 10.3. The normalized spacial score (nSPS) is 11.4. The van der Waals surface area contributed by atoms with Crippen LogP contribution in [0.3, 0.4) is 0 Å². The Morgan fingerprint density at radius 1 is 0.700 bits per heavy atom. The maximum absolute atomic E-state index is 11.8. The summed E-state index contributed by atoms with van der Waals surface area (Å²) >= 11 is 0. The second-order valence-electron chi connectivity index (χ2n) is 9.48. The molecule has 1 rings (SSSR count). The fourth-order valence-electron chi connectivity index (χ4n) is 3.99. The quantitative estimate of drug-likeness (QED) is 0.275. The van der Waals surface area contributed by atoms with Crippen molar-refractivity contribution < 1.29 is 19.8 Å². The molecule has 170 valence electrons. The fraction of sp³-hybridized carbons (Fsp3) is 0.692. The van der Waals surface area contributed by atoms with Gasteiger partial charge in [0.25, 0.3) is 0 Å². The molecule has 0 spiro atoms. The molecule has 30 heavy (non-hydrogen) atoms. The van der Waals surface area contributed by atoms with Crippen molar-refractivity contribution in [2.24, 2.45) is 11.8 Å². The zero-order valence-electron chi connectivity index (χ0n) is 19.5. The van der Waals surface area contributed by atoms with Crippen molar-refractivity contribution in [1.29, 1.82) is 0 Å². The Balaban J connectivity index is 2.75. The van der Waals surface area contributed by atoms with Crippen molar-refractivity contribution in [3.8, 4) is 0 Å². The van der Waals surface area contributed by atoms with Crippen molar-refractivity contribution in [2.45, 2.75) is 105 Å². The van der Waals surface area contributed by atoms with Crippen molar-refractivity contribution in [2.75, 3.05) is 0 Å². The Bertz CT molecular complexity index is 661. The molecule has 0 bridgehead atoms. The first kappa shape index (κ1) is 26.2. The van der Waals surface area contributed by atoms with E-state index in [0.29, 0.717) is 17.9 Å². The minimum Gasteiger partial charge on any atom is -0.478 e. The number of rotatable bonds is 16.